The lowest BCUT2D eigenvalue weighted by atomic mass is 9.97. The molecule has 1 fully saturated rings. The summed E-state index contributed by atoms with van der Waals surface area (Å²) in [4.78, 5) is 29.2. The average Bonchev–Trinajstić information content (AvgIpc) is 3.48. The number of carbonyl (C=O) groups is 2. The van der Waals surface area contributed by atoms with Crippen LogP contribution < -0.4 is 5.32 Å². The summed E-state index contributed by atoms with van der Waals surface area (Å²) in [6.45, 7) is 2.04. The van der Waals surface area contributed by atoms with Crippen LogP contribution in [0.2, 0.25) is 0 Å². The van der Waals surface area contributed by atoms with Gasteiger partial charge >= 0.3 is 0 Å². The van der Waals surface area contributed by atoms with Gasteiger partial charge < -0.3 is 5.32 Å². The summed E-state index contributed by atoms with van der Waals surface area (Å²) in [5.41, 5.74) is 2.94. The molecule has 1 aromatic heterocycles. The number of hydrogen-bond donors (Lipinski definition) is 1. The van der Waals surface area contributed by atoms with Crippen LogP contribution in [0.4, 0.5) is 5.69 Å². The lowest BCUT2D eigenvalue weighted by Crippen LogP contribution is -2.28. The third-order valence-corrected chi connectivity index (χ3v) is 4.34. The standard InChI is InChI=1S/C20H19N3O2/c1-2-13-3-7-16(8-4-13)23-20(25)17(12-21)19(24)15-9-10-22-18(11-15)14-5-6-14/h3-4,7-11,14,17H,2,5-6H2,1H3,(H,23,25)/t17-/m1/s1. The number of ketones is 1. The minimum absolute atomic E-state index is 0.361. The second-order valence-corrected chi connectivity index (χ2v) is 6.21. The van der Waals surface area contributed by atoms with Crippen LogP contribution >= 0.6 is 0 Å². The highest BCUT2D eigenvalue weighted by molar-refractivity contribution is 6.15. The number of aryl methyl sites for hydroxylation is 1. The summed E-state index contributed by atoms with van der Waals surface area (Å²) >= 11 is 0. The van der Waals surface area contributed by atoms with E-state index in [4.69, 9.17) is 0 Å². The zero-order valence-corrected chi connectivity index (χ0v) is 14.0. The molecule has 0 bridgehead atoms. The fourth-order valence-electron chi connectivity index (χ4n) is 2.65. The first-order valence-electron chi connectivity index (χ1n) is 8.42. The summed E-state index contributed by atoms with van der Waals surface area (Å²) in [7, 11) is 0. The smallest absolute Gasteiger partial charge is 0.249 e. The minimum Gasteiger partial charge on any atom is -0.325 e. The number of amides is 1. The predicted octanol–water partition coefficient (Wildman–Crippen LogP) is 3.48. The van der Waals surface area contributed by atoms with E-state index >= 15 is 0 Å². The van der Waals surface area contributed by atoms with Gasteiger partial charge in [-0.2, -0.15) is 5.26 Å². The average molecular weight is 333 g/mol. The molecule has 1 aliphatic carbocycles. The fourth-order valence-corrected chi connectivity index (χ4v) is 2.65. The Kier molecular flexibility index (Phi) is 4.90. The molecule has 1 heterocycles. The molecule has 25 heavy (non-hydrogen) atoms. The number of pyridine rings is 1. The summed E-state index contributed by atoms with van der Waals surface area (Å²) in [5.74, 6) is -2.07. The van der Waals surface area contributed by atoms with E-state index in [0.717, 1.165) is 30.5 Å². The first-order chi connectivity index (χ1) is 12.1. The second-order valence-electron chi connectivity index (χ2n) is 6.21. The molecule has 0 aliphatic heterocycles. The molecule has 1 atom stereocenters. The Bertz CT molecular complexity index is 833. The van der Waals surface area contributed by atoms with Gasteiger partial charge in [0.1, 0.15) is 0 Å². The van der Waals surface area contributed by atoms with Gasteiger partial charge in [0.15, 0.2) is 11.7 Å². The molecule has 1 amide bonds. The number of carbonyl (C=O) groups excluding carboxylic acids is 2. The zero-order valence-electron chi connectivity index (χ0n) is 14.0. The van der Waals surface area contributed by atoms with E-state index in [1.54, 1.807) is 30.5 Å². The maximum atomic E-state index is 12.6. The van der Waals surface area contributed by atoms with Gasteiger partial charge in [-0.25, -0.2) is 0 Å². The second kappa shape index (κ2) is 7.27. The fraction of sp³-hybridized carbons (Fsp3) is 0.300. The summed E-state index contributed by atoms with van der Waals surface area (Å²) in [6.07, 6.45) is 4.61. The largest absolute Gasteiger partial charge is 0.325 e. The van der Waals surface area contributed by atoms with Crippen molar-refractivity contribution in [3.8, 4) is 6.07 Å². The van der Waals surface area contributed by atoms with Gasteiger partial charge in [-0.1, -0.05) is 19.1 Å². The molecule has 0 unspecified atom stereocenters. The van der Waals surface area contributed by atoms with Gasteiger partial charge in [0.05, 0.1) is 6.07 Å². The number of anilines is 1. The van der Waals surface area contributed by atoms with Gasteiger partial charge in [0.25, 0.3) is 0 Å². The maximum Gasteiger partial charge on any atom is 0.249 e. The monoisotopic (exact) mass is 333 g/mol. The Hall–Kier alpha value is -3.00. The van der Waals surface area contributed by atoms with Crippen LogP contribution in [0.3, 0.4) is 0 Å². The van der Waals surface area contributed by atoms with E-state index in [1.165, 1.54) is 0 Å². The van der Waals surface area contributed by atoms with Crippen LogP contribution in [0.1, 0.15) is 47.3 Å². The molecule has 0 spiro atoms. The van der Waals surface area contributed by atoms with Crippen molar-refractivity contribution in [3.05, 3.63) is 59.4 Å². The van der Waals surface area contributed by atoms with Crippen LogP contribution in [0.15, 0.2) is 42.6 Å². The molecule has 1 saturated carbocycles. The molecule has 3 rings (SSSR count). The minimum atomic E-state index is -1.37. The number of hydrogen-bond acceptors (Lipinski definition) is 4. The maximum absolute atomic E-state index is 12.6. The highest BCUT2D eigenvalue weighted by atomic mass is 16.2. The highest BCUT2D eigenvalue weighted by Crippen LogP contribution is 2.39. The van der Waals surface area contributed by atoms with Crippen molar-refractivity contribution in [2.75, 3.05) is 5.32 Å². The summed E-state index contributed by atoms with van der Waals surface area (Å²) in [6, 6.07) is 12.4. The zero-order chi connectivity index (χ0) is 17.8. The number of Topliss-reactive ketones (excluding diaryl/α,β-unsaturated/α-hetero) is 1. The van der Waals surface area contributed by atoms with Crippen molar-refractivity contribution >= 4 is 17.4 Å². The lowest BCUT2D eigenvalue weighted by molar-refractivity contribution is -0.117. The topological polar surface area (TPSA) is 82.9 Å². The van der Waals surface area contributed by atoms with Gasteiger partial charge in [-0.3, -0.25) is 14.6 Å². The molecule has 0 radical (unpaired) electrons. The number of rotatable bonds is 6. The normalized spacial score (nSPS) is 14.4. The molecule has 0 saturated heterocycles. The highest BCUT2D eigenvalue weighted by Gasteiger charge is 2.30. The summed E-state index contributed by atoms with van der Waals surface area (Å²) < 4.78 is 0. The van der Waals surface area contributed by atoms with Gasteiger partial charge in [0.2, 0.25) is 5.91 Å². The van der Waals surface area contributed by atoms with Crippen LogP contribution in [-0.4, -0.2) is 16.7 Å². The van der Waals surface area contributed by atoms with Crippen molar-refractivity contribution < 1.29 is 9.59 Å². The molecular formula is C20H19N3O2. The van der Waals surface area contributed by atoms with Crippen LogP contribution in [0.5, 0.6) is 0 Å². The number of nitriles is 1. The number of aromatic nitrogens is 1. The van der Waals surface area contributed by atoms with E-state index in [1.807, 2.05) is 25.1 Å². The molecule has 5 nitrogen and oxygen atoms in total. The number of nitrogens with zero attached hydrogens (tertiary/aromatic N) is 2. The first kappa shape index (κ1) is 16.8. The van der Waals surface area contributed by atoms with Gasteiger partial charge in [-0.05, 0) is 49.1 Å². The third-order valence-electron chi connectivity index (χ3n) is 4.34. The molecule has 126 valence electrons. The summed E-state index contributed by atoms with van der Waals surface area (Å²) in [5, 5.41) is 12.0. The van der Waals surface area contributed by atoms with E-state index in [9.17, 15) is 14.9 Å². The van der Waals surface area contributed by atoms with E-state index < -0.39 is 17.6 Å². The predicted molar refractivity (Wildman–Crippen MR) is 94.1 cm³/mol. The van der Waals surface area contributed by atoms with Crippen molar-refractivity contribution in [1.29, 1.82) is 5.26 Å². The number of nitrogens with one attached hydrogen (secondary N) is 1. The Labute approximate surface area is 146 Å². The number of benzene rings is 1. The van der Waals surface area contributed by atoms with Crippen molar-refractivity contribution in [2.24, 2.45) is 5.92 Å². The Balaban J connectivity index is 1.74. The van der Waals surface area contributed by atoms with Crippen molar-refractivity contribution in [3.63, 3.8) is 0 Å². The third kappa shape index (κ3) is 3.92. The molecule has 2 aromatic rings. The van der Waals surface area contributed by atoms with Crippen LogP contribution in [0.25, 0.3) is 0 Å². The molecule has 1 aromatic carbocycles. The first-order valence-corrected chi connectivity index (χ1v) is 8.42. The van der Waals surface area contributed by atoms with Crippen LogP contribution in [-0.2, 0) is 11.2 Å². The van der Waals surface area contributed by atoms with Gasteiger partial charge in [-0.15, -0.1) is 0 Å². The molecule has 5 heteroatoms. The SMILES string of the molecule is CCc1ccc(NC(=O)[C@H](C#N)C(=O)c2ccnc(C3CC3)c2)cc1. The lowest BCUT2D eigenvalue weighted by Gasteiger charge is -2.10. The molecular weight excluding hydrogens is 314 g/mol. The Morgan fingerprint density at radius 3 is 2.60 bits per heavy atom. The van der Waals surface area contributed by atoms with E-state index in [2.05, 4.69) is 10.3 Å². The van der Waals surface area contributed by atoms with E-state index in [-0.39, 0.29) is 0 Å². The van der Waals surface area contributed by atoms with Crippen LogP contribution in [0, 0.1) is 17.2 Å². The van der Waals surface area contributed by atoms with Crippen molar-refractivity contribution in [2.45, 2.75) is 32.1 Å². The quantitative estimate of drug-likeness (QED) is 0.648. The van der Waals surface area contributed by atoms with Gasteiger partial charge in [0, 0.05) is 29.1 Å². The molecule has 1 N–H and O–H groups in total. The Morgan fingerprint density at radius 1 is 1.28 bits per heavy atom. The van der Waals surface area contributed by atoms with Crippen molar-refractivity contribution in [1.82, 2.24) is 4.98 Å². The Morgan fingerprint density at radius 2 is 2.00 bits per heavy atom. The van der Waals surface area contributed by atoms with E-state index in [0.29, 0.717) is 17.2 Å². The molecule has 1 aliphatic rings.